The van der Waals surface area contributed by atoms with Gasteiger partial charge in [0.2, 0.25) is 0 Å². The van der Waals surface area contributed by atoms with Gasteiger partial charge in [0.1, 0.15) is 11.5 Å². The van der Waals surface area contributed by atoms with E-state index in [-0.39, 0.29) is 5.56 Å². The second-order valence-corrected chi connectivity index (χ2v) is 6.12. The maximum absolute atomic E-state index is 12.2. The quantitative estimate of drug-likeness (QED) is 0.540. The lowest BCUT2D eigenvalue weighted by atomic mass is 10.1. The molecule has 0 bridgehead atoms. The fraction of sp³-hybridized carbons (Fsp3) is 0.167. The molecule has 3 aromatic rings. The monoisotopic (exact) mass is 356 g/mol. The number of carbonyl (C=O) groups is 2. The molecule has 0 saturated carbocycles. The van der Waals surface area contributed by atoms with E-state index in [1.807, 2.05) is 25.1 Å². The van der Waals surface area contributed by atoms with Crippen molar-refractivity contribution >= 4 is 38.4 Å². The summed E-state index contributed by atoms with van der Waals surface area (Å²) in [5, 5.41) is 2.93. The Labute approximate surface area is 148 Å². The van der Waals surface area contributed by atoms with Crippen molar-refractivity contribution in [2.75, 3.05) is 19.0 Å². The molecule has 0 fully saturated rings. The highest BCUT2D eigenvalue weighted by Gasteiger charge is 2.18. The molecule has 0 spiro atoms. The van der Waals surface area contributed by atoms with Crippen LogP contribution in [0.2, 0.25) is 0 Å². The van der Waals surface area contributed by atoms with Gasteiger partial charge in [-0.3, -0.25) is 14.9 Å². The molecule has 128 valence electrons. The molecule has 0 atom stereocenters. The first-order valence-corrected chi connectivity index (χ1v) is 8.45. The molecule has 0 aliphatic carbocycles. The Bertz CT molecular complexity index is 918. The third-order valence-electron chi connectivity index (χ3n) is 3.45. The van der Waals surface area contributed by atoms with Gasteiger partial charge < -0.3 is 9.47 Å². The summed E-state index contributed by atoms with van der Waals surface area (Å²) in [6.45, 7) is 2.48. The summed E-state index contributed by atoms with van der Waals surface area (Å²) in [4.78, 5) is 28.7. The summed E-state index contributed by atoms with van der Waals surface area (Å²) < 4.78 is 11.4. The molecule has 0 radical (unpaired) electrons. The Morgan fingerprint density at radius 3 is 2.52 bits per heavy atom. The largest absolute Gasteiger partial charge is 0.497 e. The number of carbonyl (C=O) groups excluding carboxylic acids is 2. The second-order valence-electron chi connectivity index (χ2n) is 5.09. The highest BCUT2D eigenvalue weighted by atomic mass is 32.1. The van der Waals surface area contributed by atoms with Gasteiger partial charge in [-0.2, -0.15) is 0 Å². The topological polar surface area (TPSA) is 77.5 Å². The van der Waals surface area contributed by atoms with E-state index in [1.54, 1.807) is 24.3 Å². The molecule has 6 nitrogen and oxygen atoms in total. The molecule has 7 heteroatoms. The Morgan fingerprint density at radius 1 is 1.12 bits per heavy atom. The van der Waals surface area contributed by atoms with Crippen LogP contribution in [-0.2, 0) is 4.79 Å². The Hall–Kier alpha value is -2.93. The number of nitrogens with one attached hydrogen (secondary N) is 1. The summed E-state index contributed by atoms with van der Waals surface area (Å²) in [7, 11) is 1.54. The molecule has 1 N–H and O–H groups in total. The number of anilines is 1. The second kappa shape index (κ2) is 7.31. The summed E-state index contributed by atoms with van der Waals surface area (Å²) in [5.74, 6) is 0.00485. The van der Waals surface area contributed by atoms with E-state index in [0.29, 0.717) is 17.5 Å². The average molecular weight is 356 g/mol. The number of ketones is 1. The van der Waals surface area contributed by atoms with E-state index in [0.717, 1.165) is 16.0 Å². The van der Waals surface area contributed by atoms with Crippen molar-refractivity contribution in [1.82, 2.24) is 4.98 Å². The van der Waals surface area contributed by atoms with Crippen molar-refractivity contribution < 1.29 is 19.1 Å². The van der Waals surface area contributed by atoms with Crippen LogP contribution in [0.3, 0.4) is 0 Å². The minimum absolute atomic E-state index is 0.290. The van der Waals surface area contributed by atoms with Crippen LogP contribution in [0.1, 0.15) is 17.3 Å². The maximum Gasteiger partial charge on any atom is 0.298 e. The number of hydrogen-bond acceptors (Lipinski definition) is 6. The molecule has 0 unspecified atom stereocenters. The number of ether oxygens (including phenoxy) is 2. The van der Waals surface area contributed by atoms with Gasteiger partial charge in [-0.15, -0.1) is 0 Å². The predicted octanol–water partition coefficient (Wildman–Crippen LogP) is 3.53. The van der Waals surface area contributed by atoms with Gasteiger partial charge in [-0.25, -0.2) is 4.98 Å². The number of rotatable bonds is 6. The summed E-state index contributed by atoms with van der Waals surface area (Å²) in [5.41, 5.74) is 1.03. The zero-order valence-corrected chi connectivity index (χ0v) is 14.6. The molecule has 2 aromatic carbocycles. The molecular weight excluding hydrogens is 340 g/mol. The fourth-order valence-corrected chi connectivity index (χ4v) is 3.13. The first-order chi connectivity index (χ1) is 12.1. The number of Topliss-reactive ketones (excluding diaryl/α,β-unsaturated/α-hetero) is 1. The zero-order chi connectivity index (χ0) is 17.8. The first kappa shape index (κ1) is 16.9. The van der Waals surface area contributed by atoms with Gasteiger partial charge in [0.25, 0.3) is 11.7 Å². The molecule has 1 aromatic heterocycles. The van der Waals surface area contributed by atoms with Crippen LogP contribution in [0.4, 0.5) is 5.13 Å². The Balaban J connectivity index is 1.75. The van der Waals surface area contributed by atoms with Crippen molar-refractivity contribution in [2.24, 2.45) is 0 Å². The van der Waals surface area contributed by atoms with Crippen molar-refractivity contribution in [3.05, 3.63) is 48.0 Å². The van der Waals surface area contributed by atoms with E-state index in [4.69, 9.17) is 9.47 Å². The van der Waals surface area contributed by atoms with Crippen molar-refractivity contribution in [2.45, 2.75) is 6.92 Å². The van der Waals surface area contributed by atoms with Crippen molar-refractivity contribution in [3.8, 4) is 11.5 Å². The number of fused-ring (bicyclic) bond motifs is 1. The number of amides is 1. The van der Waals surface area contributed by atoms with Crippen LogP contribution in [0.15, 0.2) is 42.5 Å². The number of nitrogens with zero attached hydrogens (tertiary/aromatic N) is 1. The predicted molar refractivity (Wildman–Crippen MR) is 96.7 cm³/mol. The van der Waals surface area contributed by atoms with E-state index >= 15 is 0 Å². The molecule has 3 rings (SSSR count). The molecule has 25 heavy (non-hydrogen) atoms. The maximum atomic E-state index is 12.2. The van der Waals surface area contributed by atoms with Gasteiger partial charge in [0, 0.05) is 5.56 Å². The highest BCUT2D eigenvalue weighted by Crippen LogP contribution is 2.29. The Kier molecular flexibility index (Phi) is 4.95. The van der Waals surface area contributed by atoms with Crippen LogP contribution in [0.25, 0.3) is 10.2 Å². The van der Waals surface area contributed by atoms with Crippen LogP contribution >= 0.6 is 11.3 Å². The van der Waals surface area contributed by atoms with Gasteiger partial charge in [0.05, 0.1) is 23.9 Å². The molecule has 0 aliphatic rings. The smallest absolute Gasteiger partial charge is 0.298 e. The number of methoxy groups -OCH3 is 1. The fourth-order valence-electron chi connectivity index (χ4n) is 2.24. The van der Waals surface area contributed by atoms with Crippen molar-refractivity contribution in [3.63, 3.8) is 0 Å². The molecule has 1 amide bonds. The molecular formula is C18H16N2O4S. The van der Waals surface area contributed by atoms with E-state index in [9.17, 15) is 9.59 Å². The van der Waals surface area contributed by atoms with Gasteiger partial charge in [-0.1, -0.05) is 11.3 Å². The van der Waals surface area contributed by atoms with Crippen LogP contribution in [0.5, 0.6) is 11.5 Å². The van der Waals surface area contributed by atoms with E-state index in [1.165, 1.54) is 18.4 Å². The summed E-state index contributed by atoms with van der Waals surface area (Å²) in [6, 6.07) is 11.9. The van der Waals surface area contributed by atoms with Crippen LogP contribution in [0, 0.1) is 0 Å². The normalized spacial score (nSPS) is 10.5. The van der Waals surface area contributed by atoms with Gasteiger partial charge >= 0.3 is 0 Å². The number of benzene rings is 2. The Morgan fingerprint density at radius 2 is 1.84 bits per heavy atom. The van der Waals surface area contributed by atoms with Crippen LogP contribution < -0.4 is 14.8 Å². The lowest BCUT2D eigenvalue weighted by molar-refractivity contribution is -0.112. The number of thiazole rings is 1. The van der Waals surface area contributed by atoms with E-state index in [2.05, 4.69) is 10.3 Å². The average Bonchev–Trinajstić information content (AvgIpc) is 3.03. The zero-order valence-electron chi connectivity index (χ0n) is 13.7. The summed E-state index contributed by atoms with van der Waals surface area (Å²) in [6.07, 6.45) is 0. The molecule has 0 aliphatic heterocycles. The lowest BCUT2D eigenvalue weighted by Crippen LogP contribution is -2.22. The van der Waals surface area contributed by atoms with Crippen molar-refractivity contribution in [1.29, 1.82) is 0 Å². The minimum Gasteiger partial charge on any atom is -0.497 e. The number of aromatic nitrogens is 1. The van der Waals surface area contributed by atoms with Gasteiger partial charge in [0.15, 0.2) is 5.13 Å². The summed E-state index contributed by atoms with van der Waals surface area (Å²) >= 11 is 1.29. The molecule has 1 heterocycles. The van der Waals surface area contributed by atoms with Crippen LogP contribution in [-0.4, -0.2) is 30.4 Å². The first-order valence-electron chi connectivity index (χ1n) is 7.64. The third-order valence-corrected chi connectivity index (χ3v) is 4.38. The van der Waals surface area contributed by atoms with Gasteiger partial charge in [-0.05, 0) is 49.4 Å². The SMILES string of the molecule is CCOc1ccc2nc(NC(=O)C(=O)c3ccc(OC)cc3)sc2c1. The van der Waals surface area contributed by atoms with E-state index < -0.39 is 11.7 Å². The third kappa shape index (κ3) is 3.77. The number of hydrogen-bond donors (Lipinski definition) is 1. The standard InChI is InChI=1S/C18H16N2O4S/c1-3-24-13-8-9-14-15(10-13)25-18(19-14)20-17(22)16(21)11-4-6-12(23-2)7-5-11/h4-10H,3H2,1-2H3,(H,19,20,22). The minimum atomic E-state index is -0.728. The lowest BCUT2D eigenvalue weighted by Gasteiger charge is -2.02. The molecule has 0 saturated heterocycles. The highest BCUT2D eigenvalue weighted by molar-refractivity contribution is 7.22.